The Labute approximate surface area is 109 Å². The molecule has 2 aromatic rings. The van der Waals surface area contributed by atoms with Gasteiger partial charge in [0.15, 0.2) is 0 Å². The second kappa shape index (κ2) is 5.06. The summed E-state index contributed by atoms with van der Waals surface area (Å²) >= 11 is 0. The quantitative estimate of drug-likeness (QED) is 0.907. The number of carbonyl (C=O) groups excluding carboxylic acids is 1. The summed E-state index contributed by atoms with van der Waals surface area (Å²) in [5, 5.41) is 0. The molecule has 0 spiro atoms. The van der Waals surface area contributed by atoms with Crippen LogP contribution in [0.3, 0.4) is 0 Å². The van der Waals surface area contributed by atoms with Crippen LogP contribution in [0.2, 0.25) is 0 Å². The number of aromatic nitrogens is 1. The number of amides is 1. The van der Waals surface area contributed by atoms with Gasteiger partial charge in [0.2, 0.25) is 5.91 Å². The zero-order valence-electron chi connectivity index (χ0n) is 10.4. The Balaban J connectivity index is 2.33. The minimum atomic E-state index is -0.682. The first kappa shape index (κ1) is 13.0. The number of hydrogen-bond acceptors (Lipinski definition) is 2. The van der Waals surface area contributed by atoms with Gasteiger partial charge in [-0.3, -0.25) is 9.59 Å². The fourth-order valence-electron chi connectivity index (χ4n) is 1.75. The van der Waals surface area contributed by atoms with E-state index in [1.165, 1.54) is 22.8 Å². The van der Waals surface area contributed by atoms with Crippen LogP contribution in [-0.4, -0.2) is 10.5 Å². The van der Waals surface area contributed by atoms with E-state index in [4.69, 9.17) is 5.73 Å². The van der Waals surface area contributed by atoms with E-state index in [0.717, 1.165) is 11.6 Å². The lowest BCUT2D eigenvalue weighted by Gasteiger charge is -2.08. The molecule has 1 heterocycles. The van der Waals surface area contributed by atoms with Gasteiger partial charge in [-0.2, -0.15) is 0 Å². The van der Waals surface area contributed by atoms with Crippen molar-refractivity contribution in [2.75, 3.05) is 0 Å². The average Bonchev–Trinajstić information content (AvgIpc) is 2.34. The normalized spacial score (nSPS) is 10.4. The minimum Gasteiger partial charge on any atom is -0.366 e. The number of rotatable bonds is 3. The molecule has 0 aliphatic carbocycles. The molecule has 1 aromatic carbocycles. The lowest BCUT2D eigenvalue weighted by atomic mass is 10.1. The molecule has 0 bridgehead atoms. The van der Waals surface area contributed by atoms with E-state index in [1.807, 2.05) is 6.92 Å². The molecule has 0 aliphatic heterocycles. The smallest absolute Gasteiger partial charge is 0.251 e. The molecular weight excluding hydrogens is 247 g/mol. The van der Waals surface area contributed by atoms with E-state index in [-0.39, 0.29) is 17.7 Å². The maximum absolute atomic E-state index is 13.8. The average molecular weight is 260 g/mol. The molecule has 1 amide bonds. The van der Waals surface area contributed by atoms with Gasteiger partial charge in [-0.25, -0.2) is 4.39 Å². The Hall–Kier alpha value is -2.43. The predicted octanol–water partition coefficient (Wildman–Crippen LogP) is 1.44. The summed E-state index contributed by atoms with van der Waals surface area (Å²) in [7, 11) is 0. The summed E-state index contributed by atoms with van der Waals surface area (Å²) < 4.78 is 15.2. The molecule has 2 rings (SSSR count). The van der Waals surface area contributed by atoms with Crippen LogP contribution in [0.25, 0.3) is 0 Å². The summed E-state index contributed by atoms with van der Waals surface area (Å²) in [5.74, 6) is -1.23. The zero-order chi connectivity index (χ0) is 14.0. The van der Waals surface area contributed by atoms with Crippen molar-refractivity contribution in [1.29, 1.82) is 0 Å². The Morgan fingerprint density at radius 3 is 2.63 bits per heavy atom. The van der Waals surface area contributed by atoms with Crippen LogP contribution >= 0.6 is 0 Å². The number of halogens is 1. The maximum atomic E-state index is 13.8. The highest BCUT2D eigenvalue weighted by Gasteiger charge is 2.08. The van der Waals surface area contributed by atoms with Crippen molar-refractivity contribution in [3.63, 3.8) is 0 Å². The lowest BCUT2D eigenvalue weighted by Crippen LogP contribution is -2.20. The minimum absolute atomic E-state index is 0.109. The summed E-state index contributed by atoms with van der Waals surface area (Å²) in [6.45, 7) is 1.93. The van der Waals surface area contributed by atoms with Crippen LogP contribution in [0.4, 0.5) is 4.39 Å². The van der Waals surface area contributed by atoms with Crippen LogP contribution in [0.1, 0.15) is 21.5 Å². The van der Waals surface area contributed by atoms with Gasteiger partial charge in [0.25, 0.3) is 5.56 Å². The van der Waals surface area contributed by atoms with Crippen LogP contribution in [0.15, 0.2) is 41.3 Å². The van der Waals surface area contributed by atoms with Gasteiger partial charge in [0, 0.05) is 23.4 Å². The molecule has 0 unspecified atom stereocenters. The largest absolute Gasteiger partial charge is 0.366 e. The van der Waals surface area contributed by atoms with Crippen molar-refractivity contribution < 1.29 is 9.18 Å². The fourth-order valence-corrected chi connectivity index (χ4v) is 1.75. The Morgan fingerprint density at radius 2 is 2.05 bits per heavy atom. The third-order valence-electron chi connectivity index (χ3n) is 2.83. The number of benzene rings is 1. The van der Waals surface area contributed by atoms with Crippen LogP contribution in [-0.2, 0) is 6.54 Å². The van der Waals surface area contributed by atoms with E-state index in [9.17, 15) is 14.0 Å². The summed E-state index contributed by atoms with van der Waals surface area (Å²) in [4.78, 5) is 22.6. The second-order valence-corrected chi connectivity index (χ2v) is 4.34. The molecule has 98 valence electrons. The first-order valence-corrected chi connectivity index (χ1v) is 5.72. The van der Waals surface area contributed by atoms with Crippen LogP contribution in [0, 0.1) is 12.7 Å². The van der Waals surface area contributed by atoms with Gasteiger partial charge in [-0.05, 0) is 30.7 Å². The number of aryl methyl sites for hydroxylation is 1. The Bertz CT molecular complexity index is 692. The van der Waals surface area contributed by atoms with Crippen molar-refractivity contribution in [3.05, 3.63) is 69.4 Å². The van der Waals surface area contributed by atoms with Crippen LogP contribution in [0.5, 0.6) is 0 Å². The number of nitrogens with two attached hydrogens (primary N) is 1. The summed E-state index contributed by atoms with van der Waals surface area (Å²) in [6, 6.07) is 7.24. The molecule has 0 saturated carbocycles. The molecule has 0 aliphatic rings. The monoisotopic (exact) mass is 260 g/mol. The van der Waals surface area contributed by atoms with E-state index in [0.29, 0.717) is 5.56 Å². The van der Waals surface area contributed by atoms with Crippen molar-refractivity contribution in [2.24, 2.45) is 5.73 Å². The zero-order valence-corrected chi connectivity index (χ0v) is 10.4. The Kier molecular flexibility index (Phi) is 3.46. The number of primary amides is 1. The molecule has 1 aromatic heterocycles. The van der Waals surface area contributed by atoms with E-state index in [1.54, 1.807) is 12.3 Å². The highest BCUT2D eigenvalue weighted by molar-refractivity contribution is 5.92. The number of hydrogen-bond donors (Lipinski definition) is 1. The van der Waals surface area contributed by atoms with E-state index in [2.05, 4.69) is 0 Å². The molecule has 0 fully saturated rings. The molecule has 5 heteroatoms. The van der Waals surface area contributed by atoms with Gasteiger partial charge in [-0.15, -0.1) is 0 Å². The summed E-state index contributed by atoms with van der Waals surface area (Å²) in [5.41, 5.74) is 6.16. The first-order valence-electron chi connectivity index (χ1n) is 5.72. The van der Waals surface area contributed by atoms with E-state index >= 15 is 0 Å². The third kappa shape index (κ3) is 2.88. The molecular formula is C14H13FN2O2. The predicted molar refractivity (Wildman–Crippen MR) is 69.5 cm³/mol. The molecule has 0 radical (unpaired) electrons. The summed E-state index contributed by atoms with van der Waals surface area (Å²) in [6.07, 6.45) is 1.61. The van der Waals surface area contributed by atoms with E-state index < -0.39 is 11.7 Å². The van der Waals surface area contributed by atoms with Crippen molar-refractivity contribution in [2.45, 2.75) is 13.5 Å². The number of nitrogens with zero attached hydrogens (tertiary/aromatic N) is 1. The molecule has 4 nitrogen and oxygen atoms in total. The highest BCUT2D eigenvalue weighted by atomic mass is 19.1. The van der Waals surface area contributed by atoms with Crippen molar-refractivity contribution >= 4 is 5.91 Å². The van der Waals surface area contributed by atoms with Gasteiger partial charge >= 0.3 is 0 Å². The van der Waals surface area contributed by atoms with Crippen LogP contribution < -0.4 is 11.3 Å². The number of pyridine rings is 1. The molecule has 2 N–H and O–H groups in total. The third-order valence-corrected chi connectivity index (χ3v) is 2.83. The lowest BCUT2D eigenvalue weighted by molar-refractivity contribution is 0.1000. The Morgan fingerprint density at radius 1 is 1.32 bits per heavy atom. The van der Waals surface area contributed by atoms with Crippen molar-refractivity contribution in [3.8, 4) is 0 Å². The maximum Gasteiger partial charge on any atom is 0.251 e. The second-order valence-electron chi connectivity index (χ2n) is 4.34. The van der Waals surface area contributed by atoms with Gasteiger partial charge < -0.3 is 10.3 Å². The van der Waals surface area contributed by atoms with Gasteiger partial charge in [-0.1, -0.05) is 6.07 Å². The molecule has 0 atom stereocenters. The molecule has 0 saturated heterocycles. The topological polar surface area (TPSA) is 65.1 Å². The van der Waals surface area contributed by atoms with Gasteiger partial charge in [0.05, 0.1) is 6.54 Å². The molecule has 19 heavy (non-hydrogen) atoms. The standard InChI is InChI=1S/C14H13FN2O2/c1-9-4-5-17(13(18)6-9)8-11-3-2-10(14(16)19)7-12(11)15/h2-7H,8H2,1H3,(H2,16,19). The number of carbonyl (C=O) groups is 1. The first-order chi connectivity index (χ1) is 8.97. The van der Waals surface area contributed by atoms with Gasteiger partial charge in [0.1, 0.15) is 5.82 Å². The van der Waals surface area contributed by atoms with Crippen molar-refractivity contribution in [1.82, 2.24) is 4.57 Å². The fraction of sp³-hybridized carbons (Fsp3) is 0.143. The SMILES string of the molecule is Cc1ccn(Cc2ccc(C(N)=O)cc2F)c(=O)c1. The highest BCUT2D eigenvalue weighted by Crippen LogP contribution is 2.11.